The zero-order valence-corrected chi connectivity index (χ0v) is 6.81. The zero-order valence-electron chi connectivity index (χ0n) is 6.81. The summed E-state index contributed by atoms with van der Waals surface area (Å²) in [7, 11) is 0. The lowest BCUT2D eigenvalue weighted by Crippen LogP contribution is -2.41. The van der Waals surface area contributed by atoms with Crippen molar-refractivity contribution < 1.29 is 4.74 Å². The first kappa shape index (κ1) is 8.02. The summed E-state index contributed by atoms with van der Waals surface area (Å²) in [6, 6.07) is 0.568. The summed E-state index contributed by atoms with van der Waals surface area (Å²) >= 11 is 0. The summed E-state index contributed by atoms with van der Waals surface area (Å²) in [6.07, 6.45) is 1.15. The quantitative estimate of drug-likeness (QED) is 0.620. The lowest BCUT2D eigenvalue weighted by Gasteiger charge is -2.24. The van der Waals surface area contributed by atoms with E-state index >= 15 is 0 Å². The second-order valence-electron chi connectivity index (χ2n) is 3.14. The molecule has 1 N–H and O–H groups in total. The molecule has 2 heteroatoms. The maximum absolute atomic E-state index is 5.31. The van der Waals surface area contributed by atoms with Crippen LogP contribution in [0.4, 0.5) is 0 Å². The van der Waals surface area contributed by atoms with E-state index < -0.39 is 0 Å². The van der Waals surface area contributed by atoms with Crippen molar-refractivity contribution in [3.8, 4) is 0 Å². The van der Waals surface area contributed by atoms with Crippen LogP contribution in [0.5, 0.6) is 0 Å². The van der Waals surface area contributed by atoms with Crippen molar-refractivity contribution in [1.82, 2.24) is 5.32 Å². The molecule has 0 aromatic heterocycles. The zero-order chi connectivity index (χ0) is 7.40. The third-order valence-corrected chi connectivity index (χ3v) is 1.65. The number of morpholine rings is 1. The van der Waals surface area contributed by atoms with Crippen molar-refractivity contribution in [1.29, 1.82) is 0 Å². The molecule has 0 saturated carbocycles. The Balaban J connectivity index is 2.13. The van der Waals surface area contributed by atoms with E-state index in [1.165, 1.54) is 5.92 Å². The van der Waals surface area contributed by atoms with Gasteiger partial charge in [-0.2, -0.15) is 0 Å². The molecule has 59 valence electrons. The van der Waals surface area contributed by atoms with E-state index in [1.54, 1.807) is 0 Å². The van der Waals surface area contributed by atoms with E-state index in [-0.39, 0.29) is 0 Å². The minimum atomic E-state index is 0.568. The Morgan fingerprint density at radius 1 is 1.60 bits per heavy atom. The van der Waals surface area contributed by atoms with Crippen LogP contribution in [-0.4, -0.2) is 25.8 Å². The first-order valence-electron chi connectivity index (χ1n) is 3.89. The van der Waals surface area contributed by atoms with Gasteiger partial charge in [-0.05, 0) is 12.3 Å². The molecule has 0 aromatic rings. The van der Waals surface area contributed by atoms with Crippen LogP contribution >= 0.6 is 0 Å². The van der Waals surface area contributed by atoms with Gasteiger partial charge in [0.2, 0.25) is 0 Å². The fourth-order valence-corrected chi connectivity index (χ4v) is 1.24. The van der Waals surface area contributed by atoms with Gasteiger partial charge in [-0.1, -0.05) is 13.8 Å². The van der Waals surface area contributed by atoms with E-state index in [0.717, 1.165) is 26.2 Å². The number of ether oxygens (including phenoxy) is 1. The Labute approximate surface area is 63.0 Å². The van der Waals surface area contributed by atoms with Gasteiger partial charge in [0, 0.05) is 12.6 Å². The third-order valence-electron chi connectivity index (χ3n) is 1.65. The van der Waals surface area contributed by atoms with Gasteiger partial charge >= 0.3 is 0 Å². The molecule has 1 rings (SSSR count). The van der Waals surface area contributed by atoms with Gasteiger partial charge in [0.1, 0.15) is 0 Å². The lowest BCUT2D eigenvalue weighted by molar-refractivity contribution is 0.0755. The molecule has 0 spiro atoms. The topological polar surface area (TPSA) is 21.3 Å². The van der Waals surface area contributed by atoms with Crippen molar-refractivity contribution >= 4 is 0 Å². The largest absolute Gasteiger partial charge is 0.379 e. The maximum Gasteiger partial charge on any atom is 0.0620 e. The van der Waals surface area contributed by atoms with Crippen molar-refractivity contribution in [2.24, 2.45) is 0 Å². The van der Waals surface area contributed by atoms with Crippen molar-refractivity contribution in [2.45, 2.75) is 26.3 Å². The van der Waals surface area contributed by atoms with E-state index in [2.05, 4.69) is 19.2 Å². The van der Waals surface area contributed by atoms with Gasteiger partial charge in [0.15, 0.2) is 0 Å². The van der Waals surface area contributed by atoms with Crippen LogP contribution in [0.25, 0.3) is 0 Å². The molecule has 0 aliphatic carbocycles. The summed E-state index contributed by atoms with van der Waals surface area (Å²) < 4.78 is 5.31. The van der Waals surface area contributed by atoms with Gasteiger partial charge < -0.3 is 10.1 Å². The Kier molecular flexibility index (Phi) is 3.16. The highest BCUT2D eigenvalue weighted by molar-refractivity contribution is 4.85. The molecule has 1 heterocycles. The molecule has 1 atom stereocenters. The molecule has 2 nitrogen and oxygen atoms in total. The molecule has 0 bridgehead atoms. The summed E-state index contributed by atoms with van der Waals surface area (Å²) in [5, 5.41) is 3.40. The molecule has 0 aromatic carbocycles. The summed E-state index contributed by atoms with van der Waals surface area (Å²) in [6.45, 7) is 7.09. The van der Waals surface area contributed by atoms with Crippen LogP contribution in [-0.2, 0) is 4.74 Å². The molecule has 0 amide bonds. The Hall–Kier alpha value is -0.0800. The highest BCUT2D eigenvalue weighted by Gasteiger charge is 2.13. The average molecular weight is 142 g/mol. The van der Waals surface area contributed by atoms with E-state index in [0.29, 0.717) is 6.04 Å². The first-order valence-corrected chi connectivity index (χ1v) is 3.89. The van der Waals surface area contributed by atoms with Crippen LogP contribution in [0.3, 0.4) is 0 Å². The minimum Gasteiger partial charge on any atom is -0.379 e. The van der Waals surface area contributed by atoms with E-state index in [9.17, 15) is 0 Å². The van der Waals surface area contributed by atoms with Crippen LogP contribution in [0, 0.1) is 5.92 Å². The van der Waals surface area contributed by atoms with Crippen LogP contribution in [0.2, 0.25) is 0 Å². The molecule has 1 radical (unpaired) electrons. The number of hydrogen-bond acceptors (Lipinski definition) is 2. The highest BCUT2D eigenvalue weighted by Crippen LogP contribution is 2.08. The van der Waals surface area contributed by atoms with E-state index in [1.807, 2.05) is 0 Å². The Morgan fingerprint density at radius 2 is 2.40 bits per heavy atom. The number of nitrogens with one attached hydrogen (secondary N) is 1. The maximum atomic E-state index is 5.31. The first-order chi connectivity index (χ1) is 4.79. The second kappa shape index (κ2) is 3.94. The smallest absolute Gasteiger partial charge is 0.0620 e. The highest BCUT2D eigenvalue weighted by atomic mass is 16.5. The molecule has 1 unspecified atom stereocenters. The number of hydrogen-bond donors (Lipinski definition) is 1. The second-order valence-corrected chi connectivity index (χ2v) is 3.14. The summed E-state index contributed by atoms with van der Waals surface area (Å²) in [4.78, 5) is 0. The van der Waals surface area contributed by atoms with Gasteiger partial charge in [-0.25, -0.2) is 0 Å². The fourth-order valence-electron chi connectivity index (χ4n) is 1.24. The van der Waals surface area contributed by atoms with Gasteiger partial charge in [0.25, 0.3) is 0 Å². The normalized spacial score (nSPS) is 27.3. The lowest BCUT2D eigenvalue weighted by atomic mass is 10.0. The molecular formula is C8H16NO. The molecule has 10 heavy (non-hydrogen) atoms. The van der Waals surface area contributed by atoms with Crippen molar-refractivity contribution in [3.05, 3.63) is 5.92 Å². The molecule has 1 aliphatic heterocycles. The van der Waals surface area contributed by atoms with Gasteiger partial charge in [-0.3, -0.25) is 0 Å². The number of rotatable bonds is 2. The Morgan fingerprint density at radius 3 is 2.90 bits per heavy atom. The standard InChI is InChI=1S/C8H16NO/c1-7(2)5-8-6-10-4-3-9-8/h8-9H,3-6H2,1-2H3. The molecule has 1 aliphatic rings. The molecule has 1 saturated heterocycles. The van der Waals surface area contributed by atoms with Crippen molar-refractivity contribution in [3.63, 3.8) is 0 Å². The fraction of sp³-hybridized carbons (Fsp3) is 0.875. The van der Waals surface area contributed by atoms with Crippen LogP contribution in [0.1, 0.15) is 20.3 Å². The third kappa shape index (κ3) is 2.67. The predicted octanol–water partition coefficient (Wildman–Crippen LogP) is 0.979. The molecular weight excluding hydrogens is 126 g/mol. The van der Waals surface area contributed by atoms with Crippen molar-refractivity contribution in [2.75, 3.05) is 19.8 Å². The van der Waals surface area contributed by atoms with Gasteiger partial charge in [-0.15, -0.1) is 0 Å². The van der Waals surface area contributed by atoms with Crippen LogP contribution < -0.4 is 5.32 Å². The summed E-state index contributed by atoms with van der Waals surface area (Å²) in [5.74, 6) is 1.48. The monoisotopic (exact) mass is 142 g/mol. The Bertz CT molecular complexity index is 87.3. The average Bonchev–Trinajstić information content (AvgIpc) is 1.88. The van der Waals surface area contributed by atoms with E-state index in [4.69, 9.17) is 4.74 Å². The SMILES string of the molecule is C[C](C)CC1COCCN1. The minimum absolute atomic E-state index is 0.568. The summed E-state index contributed by atoms with van der Waals surface area (Å²) in [5.41, 5.74) is 0. The van der Waals surface area contributed by atoms with Crippen LogP contribution in [0.15, 0.2) is 0 Å². The predicted molar refractivity (Wildman–Crippen MR) is 41.8 cm³/mol. The van der Waals surface area contributed by atoms with Gasteiger partial charge in [0.05, 0.1) is 13.2 Å². The molecule has 1 fully saturated rings.